The van der Waals surface area contributed by atoms with Crippen molar-refractivity contribution < 1.29 is 19.4 Å². The van der Waals surface area contributed by atoms with Crippen LogP contribution in [0.25, 0.3) is 11.3 Å². The SMILES string of the molecule is O=c1[nH]c(=O)n([C@@H]2C[C@@H](O)[C@@H](CO)O2)cc1-c1ccco1. The first kappa shape index (κ1) is 13.8. The fourth-order valence-electron chi connectivity index (χ4n) is 2.36. The van der Waals surface area contributed by atoms with Crippen LogP contribution in [0.3, 0.4) is 0 Å². The highest BCUT2D eigenvalue weighted by Crippen LogP contribution is 2.28. The van der Waals surface area contributed by atoms with Crippen molar-refractivity contribution in [2.75, 3.05) is 6.61 Å². The summed E-state index contributed by atoms with van der Waals surface area (Å²) in [4.78, 5) is 25.9. The maximum absolute atomic E-state index is 11.9. The van der Waals surface area contributed by atoms with Crippen LogP contribution in [0.2, 0.25) is 0 Å². The Labute approximate surface area is 118 Å². The van der Waals surface area contributed by atoms with E-state index in [9.17, 15) is 14.7 Å². The molecule has 1 aliphatic rings. The van der Waals surface area contributed by atoms with Crippen molar-refractivity contribution in [2.24, 2.45) is 0 Å². The maximum atomic E-state index is 11.9. The maximum Gasteiger partial charge on any atom is 0.330 e. The predicted octanol–water partition coefficient (Wildman–Crippen LogP) is -0.563. The number of aliphatic hydroxyl groups excluding tert-OH is 2. The zero-order chi connectivity index (χ0) is 15.0. The number of aromatic nitrogens is 2. The van der Waals surface area contributed by atoms with E-state index in [1.807, 2.05) is 0 Å². The van der Waals surface area contributed by atoms with Gasteiger partial charge in [-0.2, -0.15) is 0 Å². The Kier molecular flexibility index (Phi) is 3.50. The van der Waals surface area contributed by atoms with E-state index in [4.69, 9.17) is 14.3 Å². The molecule has 0 saturated carbocycles. The van der Waals surface area contributed by atoms with Crippen LogP contribution in [0.5, 0.6) is 0 Å². The minimum atomic E-state index is -0.870. The minimum absolute atomic E-state index is 0.148. The van der Waals surface area contributed by atoms with Gasteiger partial charge in [0.15, 0.2) is 0 Å². The number of ether oxygens (including phenoxy) is 1. The molecule has 0 radical (unpaired) electrons. The van der Waals surface area contributed by atoms with Gasteiger partial charge < -0.3 is 19.4 Å². The van der Waals surface area contributed by atoms with Gasteiger partial charge in [0.1, 0.15) is 18.1 Å². The van der Waals surface area contributed by atoms with Gasteiger partial charge in [0.05, 0.1) is 24.5 Å². The number of hydrogen-bond acceptors (Lipinski definition) is 6. The largest absolute Gasteiger partial charge is 0.464 e. The molecule has 2 aromatic heterocycles. The second-order valence-electron chi connectivity index (χ2n) is 4.80. The molecule has 0 amide bonds. The molecule has 3 rings (SSSR count). The Morgan fingerprint density at radius 1 is 1.43 bits per heavy atom. The Morgan fingerprint density at radius 2 is 2.24 bits per heavy atom. The van der Waals surface area contributed by atoms with Crippen molar-refractivity contribution >= 4 is 0 Å². The Bertz CT molecular complexity index is 732. The lowest BCUT2D eigenvalue weighted by atomic mass is 10.2. The molecular weight excluding hydrogens is 280 g/mol. The van der Waals surface area contributed by atoms with Gasteiger partial charge in [-0.1, -0.05) is 0 Å². The van der Waals surface area contributed by atoms with Crippen molar-refractivity contribution in [1.29, 1.82) is 0 Å². The van der Waals surface area contributed by atoms with E-state index in [0.717, 1.165) is 0 Å². The lowest BCUT2D eigenvalue weighted by Gasteiger charge is -2.14. The fourth-order valence-corrected chi connectivity index (χ4v) is 2.36. The lowest BCUT2D eigenvalue weighted by molar-refractivity contribution is -0.0458. The number of hydrogen-bond donors (Lipinski definition) is 3. The second-order valence-corrected chi connectivity index (χ2v) is 4.80. The molecule has 112 valence electrons. The van der Waals surface area contributed by atoms with Crippen LogP contribution in [0.4, 0.5) is 0 Å². The van der Waals surface area contributed by atoms with Gasteiger partial charge in [-0.25, -0.2) is 4.79 Å². The quantitative estimate of drug-likeness (QED) is 0.698. The summed E-state index contributed by atoms with van der Waals surface area (Å²) in [6, 6.07) is 3.22. The molecule has 0 spiro atoms. The molecule has 3 atom stereocenters. The first-order valence-electron chi connectivity index (χ1n) is 6.44. The molecule has 0 aliphatic carbocycles. The van der Waals surface area contributed by atoms with Gasteiger partial charge in [-0.05, 0) is 12.1 Å². The summed E-state index contributed by atoms with van der Waals surface area (Å²) >= 11 is 0. The third-order valence-electron chi connectivity index (χ3n) is 3.45. The molecule has 1 saturated heterocycles. The van der Waals surface area contributed by atoms with E-state index < -0.39 is 29.7 Å². The molecule has 1 fully saturated rings. The molecule has 0 unspecified atom stereocenters. The molecule has 2 aromatic rings. The average molecular weight is 294 g/mol. The average Bonchev–Trinajstić information content (AvgIpc) is 3.08. The van der Waals surface area contributed by atoms with Gasteiger partial charge in [0, 0.05) is 12.6 Å². The van der Waals surface area contributed by atoms with E-state index >= 15 is 0 Å². The number of aromatic amines is 1. The monoisotopic (exact) mass is 294 g/mol. The molecule has 1 aliphatic heterocycles. The third-order valence-corrected chi connectivity index (χ3v) is 3.45. The van der Waals surface area contributed by atoms with E-state index in [2.05, 4.69) is 4.98 Å². The molecule has 21 heavy (non-hydrogen) atoms. The molecule has 0 aromatic carbocycles. The summed E-state index contributed by atoms with van der Waals surface area (Å²) in [7, 11) is 0. The van der Waals surface area contributed by atoms with Gasteiger partial charge in [-0.15, -0.1) is 0 Å². The number of aliphatic hydroxyl groups is 2. The third kappa shape index (κ3) is 2.44. The summed E-state index contributed by atoms with van der Waals surface area (Å²) in [5.41, 5.74) is -1.03. The summed E-state index contributed by atoms with van der Waals surface area (Å²) in [6.45, 7) is -0.346. The number of H-pyrrole nitrogens is 1. The van der Waals surface area contributed by atoms with E-state index in [-0.39, 0.29) is 18.6 Å². The zero-order valence-corrected chi connectivity index (χ0v) is 10.9. The van der Waals surface area contributed by atoms with E-state index in [1.165, 1.54) is 17.0 Å². The number of furan rings is 1. The highest BCUT2D eigenvalue weighted by molar-refractivity contribution is 5.54. The van der Waals surface area contributed by atoms with Crippen molar-refractivity contribution in [3.05, 3.63) is 45.4 Å². The number of rotatable bonds is 3. The van der Waals surface area contributed by atoms with Crippen LogP contribution in [0, 0.1) is 0 Å². The van der Waals surface area contributed by atoms with Crippen LogP contribution in [0.15, 0.2) is 38.6 Å². The van der Waals surface area contributed by atoms with Crippen molar-refractivity contribution in [3.8, 4) is 11.3 Å². The first-order chi connectivity index (χ1) is 10.1. The van der Waals surface area contributed by atoms with Crippen LogP contribution in [-0.2, 0) is 4.74 Å². The predicted molar refractivity (Wildman–Crippen MR) is 70.6 cm³/mol. The summed E-state index contributed by atoms with van der Waals surface area (Å²) in [5, 5.41) is 18.8. The summed E-state index contributed by atoms with van der Waals surface area (Å²) in [5.74, 6) is 0.322. The number of nitrogens with one attached hydrogen (secondary N) is 1. The second kappa shape index (κ2) is 5.32. The van der Waals surface area contributed by atoms with Gasteiger partial charge >= 0.3 is 5.69 Å². The molecule has 0 bridgehead atoms. The Balaban J connectivity index is 2.02. The van der Waals surface area contributed by atoms with Gasteiger partial charge in [-0.3, -0.25) is 14.3 Å². The first-order valence-corrected chi connectivity index (χ1v) is 6.44. The van der Waals surface area contributed by atoms with E-state index in [0.29, 0.717) is 5.76 Å². The fraction of sp³-hybridized carbons (Fsp3) is 0.385. The summed E-state index contributed by atoms with van der Waals surface area (Å²) < 4.78 is 11.7. The van der Waals surface area contributed by atoms with E-state index in [1.54, 1.807) is 12.1 Å². The molecule has 3 N–H and O–H groups in total. The molecule has 8 nitrogen and oxygen atoms in total. The summed E-state index contributed by atoms with van der Waals surface area (Å²) in [6.07, 6.45) is 0.523. The Morgan fingerprint density at radius 3 is 2.86 bits per heavy atom. The van der Waals surface area contributed by atoms with Crippen LogP contribution in [0.1, 0.15) is 12.6 Å². The van der Waals surface area contributed by atoms with Crippen LogP contribution >= 0.6 is 0 Å². The van der Waals surface area contributed by atoms with Crippen molar-refractivity contribution in [2.45, 2.75) is 24.9 Å². The minimum Gasteiger partial charge on any atom is -0.464 e. The van der Waals surface area contributed by atoms with Crippen LogP contribution in [-0.4, -0.2) is 38.6 Å². The zero-order valence-electron chi connectivity index (χ0n) is 10.9. The molecular formula is C13H14N2O6. The highest BCUT2D eigenvalue weighted by atomic mass is 16.5. The number of nitrogens with zero attached hydrogens (tertiary/aromatic N) is 1. The Hall–Kier alpha value is -2.16. The normalized spacial score (nSPS) is 25.3. The van der Waals surface area contributed by atoms with Crippen LogP contribution < -0.4 is 11.2 Å². The topological polar surface area (TPSA) is 118 Å². The van der Waals surface area contributed by atoms with Gasteiger partial charge in [0.2, 0.25) is 0 Å². The molecule has 8 heteroatoms. The lowest BCUT2D eigenvalue weighted by Crippen LogP contribution is -2.33. The highest BCUT2D eigenvalue weighted by Gasteiger charge is 2.35. The molecule has 3 heterocycles. The van der Waals surface area contributed by atoms with Gasteiger partial charge in [0.25, 0.3) is 5.56 Å². The standard InChI is InChI=1S/C13H14N2O6/c16-6-10-8(17)4-11(21-10)15-5-7(9-2-1-3-20-9)12(18)14-13(15)19/h1-3,5,8,10-11,16-17H,4,6H2,(H,14,18,19)/t8-,10-,11+/m1/s1. The van der Waals surface area contributed by atoms with Crippen molar-refractivity contribution in [1.82, 2.24) is 9.55 Å². The van der Waals surface area contributed by atoms with Crippen molar-refractivity contribution in [3.63, 3.8) is 0 Å². The smallest absolute Gasteiger partial charge is 0.330 e.